The minimum Gasteiger partial charge on any atom is -0.384 e. The number of rotatable bonds is 2. The number of hydrogen-bond donors (Lipinski definition) is 2. The van der Waals surface area contributed by atoms with Crippen molar-refractivity contribution >= 4 is 23.3 Å². The van der Waals surface area contributed by atoms with E-state index >= 15 is 0 Å². The molecule has 0 bridgehead atoms. The molecule has 1 aliphatic carbocycles. The maximum atomic E-state index is 12.1. The Kier molecular flexibility index (Phi) is 3.99. The molecular formula is C14H20ClN3O. The Morgan fingerprint density at radius 3 is 2.63 bits per heavy atom. The zero-order chi connectivity index (χ0) is 14.0. The third kappa shape index (κ3) is 3.83. The predicted molar refractivity (Wildman–Crippen MR) is 77.2 cm³/mol. The normalized spacial score (nSPS) is 19.1. The maximum Gasteiger partial charge on any atom is 0.251 e. The van der Waals surface area contributed by atoms with E-state index < -0.39 is 0 Å². The van der Waals surface area contributed by atoms with Crippen LogP contribution in [0.5, 0.6) is 0 Å². The minimum atomic E-state index is -0.124. The average molecular weight is 282 g/mol. The average Bonchev–Trinajstić information content (AvgIpc) is 2.30. The van der Waals surface area contributed by atoms with Gasteiger partial charge in [0.25, 0.3) is 5.91 Å². The highest BCUT2D eigenvalue weighted by Crippen LogP contribution is 2.35. The zero-order valence-electron chi connectivity index (χ0n) is 11.4. The second kappa shape index (κ2) is 5.37. The standard InChI is InChI=1S/C14H20ClN3O/c1-14(2)5-3-10(4-6-14)17-13(19)9-7-11(15)18-12(16)8-9/h7-8,10H,3-6H2,1-2H3,(H2,16,18)(H,17,19). The monoisotopic (exact) mass is 281 g/mol. The Balaban J connectivity index is 1.98. The molecule has 1 aliphatic rings. The second-order valence-electron chi connectivity index (χ2n) is 6.02. The van der Waals surface area contributed by atoms with Crippen molar-refractivity contribution in [2.24, 2.45) is 5.41 Å². The number of pyridine rings is 1. The summed E-state index contributed by atoms with van der Waals surface area (Å²) in [5, 5.41) is 3.29. The van der Waals surface area contributed by atoms with E-state index in [2.05, 4.69) is 24.1 Å². The van der Waals surface area contributed by atoms with Gasteiger partial charge < -0.3 is 11.1 Å². The summed E-state index contributed by atoms with van der Waals surface area (Å²) < 4.78 is 0. The van der Waals surface area contributed by atoms with E-state index in [0.717, 1.165) is 25.7 Å². The summed E-state index contributed by atoms with van der Waals surface area (Å²) in [7, 11) is 0. The molecule has 0 unspecified atom stereocenters. The number of nitrogens with one attached hydrogen (secondary N) is 1. The number of hydrogen-bond acceptors (Lipinski definition) is 3. The molecule has 1 heterocycles. The van der Waals surface area contributed by atoms with Gasteiger partial charge in [-0.1, -0.05) is 25.4 Å². The molecule has 0 saturated heterocycles. The van der Waals surface area contributed by atoms with Gasteiger partial charge in [0.05, 0.1) is 0 Å². The lowest BCUT2D eigenvalue weighted by atomic mass is 9.75. The molecule has 0 aliphatic heterocycles. The first-order valence-electron chi connectivity index (χ1n) is 6.60. The van der Waals surface area contributed by atoms with E-state index in [4.69, 9.17) is 17.3 Å². The molecule has 4 nitrogen and oxygen atoms in total. The summed E-state index contributed by atoms with van der Waals surface area (Å²) in [5.41, 5.74) is 6.46. The molecule has 5 heteroatoms. The number of carbonyl (C=O) groups is 1. The summed E-state index contributed by atoms with van der Waals surface area (Å²) in [4.78, 5) is 16.0. The van der Waals surface area contributed by atoms with Crippen LogP contribution in [-0.4, -0.2) is 16.9 Å². The van der Waals surface area contributed by atoms with E-state index in [1.54, 1.807) is 12.1 Å². The van der Waals surface area contributed by atoms with Crippen LogP contribution in [0.1, 0.15) is 49.9 Å². The Labute approximate surface area is 118 Å². The van der Waals surface area contributed by atoms with Gasteiger partial charge in [0.1, 0.15) is 11.0 Å². The van der Waals surface area contributed by atoms with Crippen LogP contribution in [0, 0.1) is 5.41 Å². The van der Waals surface area contributed by atoms with Crippen LogP contribution < -0.4 is 11.1 Å². The number of amides is 1. The topological polar surface area (TPSA) is 68.0 Å². The fourth-order valence-corrected chi connectivity index (χ4v) is 2.68. The van der Waals surface area contributed by atoms with Gasteiger partial charge in [0.2, 0.25) is 0 Å². The number of halogens is 1. The summed E-state index contributed by atoms with van der Waals surface area (Å²) >= 11 is 5.80. The first kappa shape index (κ1) is 14.1. The van der Waals surface area contributed by atoms with Crippen LogP contribution in [0.2, 0.25) is 5.15 Å². The lowest BCUT2D eigenvalue weighted by Crippen LogP contribution is -2.39. The summed E-state index contributed by atoms with van der Waals surface area (Å²) in [6.45, 7) is 4.54. The molecule has 1 aromatic heterocycles. The molecule has 0 aromatic carbocycles. The van der Waals surface area contributed by atoms with E-state index in [9.17, 15) is 4.79 Å². The number of nitrogens with zero attached hydrogens (tertiary/aromatic N) is 1. The van der Waals surface area contributed by atoms with Crippen LogP contribution in [-0.2, 0) is 0 Å². The predicted octanol–water partition coefficient (Wildman–Crippen LogP) is 3.02. The third-order valence-electron chi connectivity index (χ3n) is 3.75. The number of nitrogen functional groups attached to an aromatic ring is 1. The lowest BCUT2D eigenvalue weighted by Gasteiger charge is -2.34. The Bertz CT molecular complexity index is 457. The highest BCUT2D eigenvalue weighted by molar-refractivity contribution is 6.29. The van der Waals surface area contributed by atoms with Crippen LogP contribution in [0.3, 0.4) is 0 Å². The molecule has 1 saturated carbocycles. The van der Waals surface area contributed by atoms with Crippen molar-refractivity contribution in [3.05, 3.63) is 22.8 Å². The fourth-order valence-electron chi connectivity index (χ4n) is 2.46. The van der Waals surface area contributed by atoms with Gasteiger partial charge in [-0.2, -0.15) is 0 Å². The molecule has 1 fully saturated rings. The molecule has 1 amide bonds. The van der Waals surface area contributed by atoms with E-state index in [0.29, 0.717) is 11.0 Å². The molecule has 3 N–H and O–H groups in total. The van der Waals surface area contributed by atoms with E-state index in [-0.39, 0.29) is 22.9 Å². The molecule has 0 spiro atoms. The van der Waals surface area contributed by atoms with Crippen LogP contribution in [0.25, 0.3) is 0 Å². The maximum absolute atomic E-state index is 12.1. The number of nitrogens with two attached hydrogens (primary N) is 1. The van der Waals surface area contributed by atoms with Crippen LogP contribution in [0.4, 0.5) is 5.82 Å². The Hall–Kier alpha value is -1.29. The van der Waals surface area contributed by atoms with Crippen LogP contribution in [0.15, 0.2) is 12.1 Å². The van der Waals surface area contributed by atoms with E-state index in [1.807, 2.05) is 0 Å². The van der Waals surface area contributed by atoms with Crippen molar-refractivity contribution in [1.29, 1.82) is 0 Å². The first-order valence-corrected chi connectivity index (χ1v) is 6.97. The second-order valence-corrected chi connectivity index (χ2v) is 6.40. The van der Waals surface area contributed by atoms with Crippen molar-refractivity contribution in [1.82, 2.24) is 10.3 Å². The number of anilines is 1. The first-order chi connectivity index (χ1) is 8.85. The smallest absolute Gasteiger partial charge is 0.251 e. The molecule has 0 radical (unpaired) electrons. The van der Waals surface area contributed by atoms with Gasteiger partial charge in [0, 0.05) is 11.6 Å². The molecule has 19 heavy (non-hydrogen) atoms. The Morgan fingerprint density at radius 2 is 2.05 bits per heavy atom. The number of aromatic nitrogens is 1. The van der Waals surface area contributed by atoms with Gasteiger partial charge in [0.15, 0.2) is 0 Å². The highest BCUT2D eigenvalue weighted by atomic mass is 35.5. The third-order valence-corrected chi connectivity index (χ3v) is 3.94. The summed E-state index contributed by atoms with van der Waals surface area (Å²) in [5.74, 6) is 0.142. The van der Waals surface area contributed by atoms with E-state index in [1.165, 1.54) is 0 Å². The van der Waals surface area contributed by atoms with Crippen molar-refractivity contribution in [3.8, 4) is 0 Å². The SMILES string of the molecule is CC1(C)CCC(NC(=O)c2cc(N)nc(Cl)c2)CC1. The van der Waals surface area contributed by atoms with Gasteiger partial charge in [-0.3, -0.25) is 4.79 Å². The summed E-state index contributed by atoms with van der Waals surface area (Å²) in [6.07, 6.45) is 4.31. The molecule has 2 rings (SSSR count). The lowest BCUT2D eigenvalue weighted by molar-refractivity contribution is 0.0909. The molecule has 0 atom stereocenters. The van der Waals surface area contributed by atoms with Gasteiger partial charge >= 0.3 is 0 Å². The van der Waals surface area contributed by atoms with Gasteiger partial charge in [-0.25, -0.2) is 4.98 Å². The van der Waals surface area contributed by atoms with Crippen molar-refractivity contribution in [2.45, 2.75) is 45.6 Å². The van der Waals surface area contributed by atoms with Gasteiger partial charge in [-0.15, -0.1) is 0 Å². The molecule has 1 aromatic rings. The largest absolute Gasteiger partial charge is 0.384 e. The zero-order valence-corrected chi connectivity index (χ0v) is 12.1. The highest BCUT2D eigenvalue weighted by Gasteiger charge is 2.27. The Morgan fingerprint density at radius 1 is 1.42 bits per heavy atom. The quantitative estimate of drug-likeness (QED) is 0.819. The van der Waals surface area contributed by atoms with Crippen molar-refractivity contribution in [2.75, 3.05) is 5.73 Å². The van der Waals surface area contributed by atoms with Crippen molar-refractivity contribution in [3.63, 3.8) is 0 Å². The van der Waals surface area contributed by atoms with Crippen molar-refractivity contribution < 1.29 is 4.79 Å². The number of carbonyl (C=O) groups excluding carboxylic acids is 1. The molecular weight excluding hydrogens is 262 g/mol. The fraction of sp³-hybridized carbons (Fsp3) is 0.571. The minimum absolute atomic E-state index is 0.124. The van der Waals surface area contributed by atoms with Crippen LogP contribution >= 0.6 is 11.6 Å². The molecule has 104 valence electrons. The summed E-state index contributed by atoms with van der Waals surface area (Å²) in [6, 6.07) is 3.34. The van der Waals surface area contributed by atoms with Gasteiger partial charge in [-0.05, 0) is 43.2 Å².